The Morgan fingerprint density at radius 1 is 1.40 bits per heavy atom. The molecule has 0 unspecified atom stereocenters. The molecule has 0 saturated heterocycles. The molecule has 0 atom stereocenters. The first-order valence-electron chi connectivity index (χ1n) is 1.73. The molecule has 1 heteroatoms. The maximum absolute atomic E-state index is 2.38. The molecule has 0 heterocycles. The van der Waals surface area contributed by atoms with E-state index in [-0.39, 0.29) is 19.8 Å². The summed E-state index contributed by atoms with van der Waals surface area (Å²) in [7, 11) is 0. The van der Waals surface area contributed by atoms with Gasteiger partial charge in [0.2, 0.25) is 0 Å². The summed E-state index contributed by atoms with van der Waals surface area (Å²) < 4.78 is 1.46. The van der Waals surface area contributed by atoms with Gasteiger partial charge in [0, 0.05) is 0 Å². The van der Waals surface area contributed by atoms with Gasteiger partial charge in [0.05, 0.1) is 0 Å². The van der Waals surface area contributed by atoms with Crippen molar-refractivity contribution in [3.63, 3.8) is 0 Å². The number of rotatable bonds is 1. The molecule has 0 aromatic heterocycles. The Morgan fingerprint density at radius 3 is 1.60 bits per heavy atom. The fourth-order valence-corrected chi connectivity index (χ4v) is 0. The normalized spacial score (nSPS) is 11.4. The molecule has 0 radical (unpaired) electrons. The van der Waals surface area contributed by atoms with E-state index in [9.17, 15) is 0 Å². The Labute approximate surface area is 41.3 Å². The van der Waals surface area contributed by atoms with Crippen LogP contribution in [0.5, 0.6) is 0 Å². The summed E-state index contributed by atoms with van der Waals surface area (Å²) >= 11 is -0.282. The predicted molar refractivity (Wildman–Crippen MR) is 36.4 cm³/mol. The molecule has 0 aliphatic carbocycles. The molecule has 0 amide bonds. The van der Waals surface area contributed by atoms with Gasteiger partial charge in [0.25, 0.3) is 0 Å². The van der Waals surface area contributed by atoms with E-state index in [1.54, 1.807) is 0 Å². The molecule has 0 aromatic rings. The van der Waals surface area contributed by atoms with Gasteiger partial charge in [0.1, 0.15) is 0 Å². The topological polar surface area (TPSA) is 0 Å². The van der Waals surface area contributed by atoms with E-state index in [0.717, 1.165) is 0 Å². The molecule has 0 N–H and O–H groups in total. The molecular formula is C4H11I. The van der Waals surface area contributed by atoms with E-state index < -0.39 is 0 Å². The van der Waals surface area contributed by atoms with Gasteiger partial charge in [-0.05, 0) is 0 Å². The van der Waals surface area contributed by atoms with Crippen LogP contribution in [0, 0.1) is 0 Å². The summed E-state index contributed by atoms with van der Waals surface area (Å²) in [6, 6.07) is 0. The van der Waals surface area contributed by atoms with Gasteiger partial charge in [-0.1, -0.05) is 0 Å². The Balaban J connectivity index is 2.54. The monoisotopic (exact) mass is 186 g/mol. The van der Waals surface area contributed by atoms with Crippen LogP contribution in [0.4, 0.5) is 0 Å². The van der Waals surface area contributed by atoms with Gasteiger partial charge in [-0.3, -0.25) is 0 Å². The van der Waals surface area contributed by atoms with Crippen LogP contribution < -0.4 is 0 Å². The van der Waals surface area contributed by atoms with Crippen molar-refractivity contribution in [1.29, 1.82) is 0 Å². The summed E-state index contributed by atoms with van der Waals surface area (Å²) in [4.78, 5) is 4.76. The fraction of sp³-hybridized carbons (Fsp3) is 1.00. The van der Waals surface area contributed by atoms with Gasteiger partial charge in [-0.25, -0.2) is 0 Å². The van der Waals surface area contributed by atoms with Crippen molar-refractivity contribution in [2.24, 2.45) is 0 Å². The van der Waals surface area contributed by atoms with Crippen molar-refractivity contribution in [2.45, 2.75) is 6.92 Å². The van der Waals surface area contributed by atoms with E-state index in [4.69, 9.17) is 0 Å². The van der Waals surface area contributed by atoms with Crippen LogP contribution in [0.1, 0.15) is 6.92 Å². The van der Waals surface area contributed by atoms with Gasteiger partial charge >= 0.3 is 41.0 Å². The number of halogens is 1. The van der Waals surface area contributed by atoms with Gasteiger partial charge in [-0.15, -0.1) is 0 Å². The Bertz CT molecular complexity index is 17.6. The maximum atomic E-state index is 2.38. The van der Waals surface area contributed by atoms with E-state index in [1.165, 1.54) is 4.43 Å². The minimum atomic E-state index is -0.282. The molecule has 0 rings (SSSR count). The molecule has 34 valence electrons. The van der Waals surface area contributed by atoms with Crippen molar-refractivity contribution >= 4 is 19.8 Å². The first-order valence-corrected chi connectivity index (χ1v) is 7.57. The molecule has 0 bridgehead atoms. The summed E-state index contributed by atoms with van der Waals surface area (Å²) in [5, 5.41) is 0. The van der Waals surface area contributed by atoms with Crippen molar-refractivity contribution in [2.75, 3.05) is 14.3 Å². The molecule has 0 spiro atoms. The second kappa shape index (κ2) is 2.94. The standard InChI is InChI=1S/C4H11I/c1-4-5(2)3/h4H2,1-3H3. The zero-order chi connectivity index (χ0) is 4.28. The van der Waals surface area contributed by atoms with E-state index >= 15 is 0 Å². The zero-order valence-corrected chi connectivity index (χ0v) is 6.24. The summed E-state index contributed by atoms with van der Waals surface area (Å²) in [5.74, 6) is 0. The molecule has 0 fully saturated rings. The zero-order valence-electron chi connectivity index (χ0n) is 4.09. The van der Waals surface area contributed by atoms with Crippen molar-refractivity contribution < 1.29 is 0 Å². The van der Waals surface area contributed by atoms with Crippen LogP contribution in [0.15, 0.2) is 0 Å². The second-order valence-corrected chi connectivity index (χ2v) is 7.91. The van der Waals surface area contributed by atoms with Crippen LogP contribution in [-0.4, -0.2) is 14.3 Å². The van der Waals surface area contributed by atoms with Crippen molar-refractivity contribution in [3.05, 3.63) is 0 Å². The van der Waals surface area contributed by atoms with Crippen LogP contribution in [0.25, 0.3) is 0 Å². The Kier molecular flexibility index (Phi) is 3.37. The average Bonchev–Trinajstić information content (AvgIpc) is 1.38. The summed E-state index contributed by atoms with van der Waals surface area (Å²) in [6.45, 7) is 2.27. The second-order valence-electron chi connectivity index (χ2n) is 1.18. The third kappa shape index (κ3) is 4.73. The number of hydrogen-bond donors (Lipinski definition) is 0. The van der Waals surface area contributed by atoms with E-state index in [1.807, 2.05) is 0 Å². The molecule has 0 aromatic carbocycles. The minimum absolute atomic E-state index is 0.282. The number of alkyl halides is 3. The molecule has 5 heavy (non-hydrogen) atoms. The first-order chi connectivity index (χ1) is 2.27. The van der Waals surface area contributed by atoms with Crippen LogP contribution in [0.2, 0.25) is 0 Å². The quantitative estimate of drug-likeness (QED) is 0.432. The van der Waals surface area contributed by atoms with E-state index in [2.05, 4.69) is 16.8 Å². The Hall–Kier alpha value is 0.730. The molecule has 0 aliphatic heterocycles. The third-order valence-corrected chi connectivity index (χ3v) is 3.59. The van der Waals surface area contributed by atoms with Gasteiger partial charge in [0.15, 0.2) is 0 Å². The average molecular weight is 186 g/mol. The van der Waals surface area contributed by atoms with Crippen molar-refractivity contribution in [1.82, 2.24) is 0 Å². The molecule has 0 aliphatic rings. The molecule has 0 nitrogen and oxygen atoms in total. The number of hydrogen-bond acceptors (Lipinski definition) is 0. The van der Waals surface area contributed by atoms with Crippen LogP contribution in [0.3, 0.4) is 0 Å². The predicted octanol–water partition coefficient (Wildman–Crippen LogP) is 1.77. The van der Waals surface area contributed by atoms with Crippen molar-refractivity contribution in [3.8, 4) is 0 Å². The molecular weight excluding hydrogens is 175 g/mol. The first kappa shape index (κ1) is 5.73. The van der Waals surface area contributed by atoms with Crippen LogP contribution >= 0.6 is 19.8 Å². The van der Waals surface area contributed by atoms with Crippen LogP contribution in [-0.2, 0) is 0 Å². The third-order valence-electron chi connectivity index (χ3n) is 0.535. The summed E-state index contributed by atoms with van der Waals surface area (Å²) in [6.07, 6.45) is 0. The molecule has 0 saturated carbocycles. The SMILES string of the molecule is CCI(C)C. The van der Waals surface area contributed by atoms with Gasteiger partial charge < -0.3 is 0 Å². The fourth-order valence-electron chi connectivity index (χ4n) is 0. The summed E-state index contributed by atoms with van der Waals surface area (Å²) in [5.41, 5.74) is 0. The van der Waals surface area contributed by atoms with E-state index in [0.29, 0.717) is 0 Å². The Morgan fingerprint density at radius 2 is 1.60 bits per heavy atom. The van der Waals surface area contributed by atoms with Gasteiger partial charge in [-0.2, -0.15) is 0 Å².